The Labute approximate surface area is 142 Å². The van der Waals surface area contributed by atoms with Crippen LogP contribution >= 0.6 is 0 Å². The topological polar surface area (TPSA) is 23.9 Å². The average Bonchev–Trinajstić information content (AvgIpc) is 2.85. The van der Waals surface area contributed by atoms with Gasteiger partial charge in [-0.15, -0.1) is 0 Å². The van der Waals surface area contributed by atoms with Crippen LogP contribution in [0.3, 0.4) is 0 Å². The molecule has 3 fully saturated rings. The van der Waals surface area contributed by atoms with Gasteiger partial charge in [0.05, 0.1) is 0 Å². The second kappa shape index (κ2) is 5.07. The zero-order valence-corrected chi connectivity index (χ0v) is 15.3. The van der Waals surface area contributed by atoms with E-state index in [0.29, 0.717) is 16.7 Å². The Morgan fingerprint density at radius 2 is 1.87 bits per heavy atom. The van der Waals surface area contributed by atoms with Crippen LogP contribution in [0.5, 0.6) is 0 Å². The second-order valence-electron chi connectivity index (χ2n) is 9.52. The SMILES string of the molecule is C=C1C=C2CCC3C(CCC4(C)C(C(C)=N)CCC34)C2(C)CC1. The minimum atomic E-state index is 0.419. The van der Waals surface area contributed by atoms with Crippen molar-refractivity contribution in [2.45, 2.75) is 72.1 Å². The van der Waals surface area contributed by atoms with Crippen molar-refractivity contribution >= 4 is 5.71 Å². The summed E-state index contributed by atoms with van der Waals surface area (Å²) in [6, 6.07) is 0. The molecule has 23 heavy (non-hydrogen) atoms. The molecule has 4 rings (SSSR count). The lowest BCUT2D eigenvalue weighted by Gasteiger charge is -2.58. The first-order valence-electron chi connectivity index (χ1n) is 9.80. The van der Waals surface area contributed by atoms with E-state index in [4.69, 9.17) is 5.41 Å². The molecule has 0 amide bonds. The zero-order valence-electron chi connectivity index (χ0n) is 15.3. The van der Waals surface area contributed by atoms with E-state index < -0.39 is 0 Å². The van der Waals surface area contributed by atoms with Crippen LogP contribution in [0.2, 0.25) is 0 Å². The quantitative estimate of drug-likeness (QED) is 0.561. The Bertz CT molecular complexity index is 585. The third-order valence-electron chi connectivity index (χ3n) is 8.60. The van der Waals surface area contributed by atoms with Gasteiger partial charge in [-0.3, -0.25) is 0 Å². The van der Waals surface area contributed by atoms with E-state index in [9.17, 15) is 0 Å². The Hall–Kier alpha value is -0.850. The smallest absolute Gasteiger partial charge is 0.00946 e. The molecule has 0 spiro atoms. The fourth-order valence-corrected chi connectivity index (χ4v) is 7.36. The van der Waals surface area contributed by atoms with Crippen LogP contribution in [0.4, 0.5) is 0 Å². The van der Waals surface area contributed by atoms with Gasteiger partial charge in [-0.05, 0) is 86.9 Å². The molecule has 0 bridgehead atoms. The lowest BCUT2D eigenvalue weighted by atomic mass is 9.46. The van der Waals surface area contributed by atoms with Crippen molar-refractivity contribution in [3.05, 3.63) is 23.8 Å². The summed E-state index contributed by atoms with van der Waals surface area (Å²) in [5.74, 6) is 3.23. The van der Waals surface area contributed by atoms with E-state index in [2.05, 4.69) is 33.4 Å². The van der Waals surface area contributed by atoms with Crippen LogP contribution in [-0.2, 0) is 0 Å². The molecule has 0 radical (unpaired) electrons. The number of nitrogens with one attached hydrogen (secondary N) is 1. The van der Waals surface area contributed by atoms with Crippen LogP contribution in [0.1, 0.15) is 72.1 Å². The predicted molar refractivity (Wildman–Crippen MR) is 97.7 cm³/mol. The molecular weight excluding hydrogens is 278 g/mol. The molecule has 0 aliphatic heterocycles. The van der Waals surface area contributed by atoms with Crippen LogP contribution in [0.15, 0.2) is 23.8 Å². The molecule has 1 nitrogen and oxygen atoms in total. The van der Waals surface area contributed by atoms with Gasteiger partial charge in [-0.2, -0.15) is 0 Å². The van der Waals surface area contributed by atoms with Gasteiger partial charge < -0.3 is 5.41 Å². The van der Waals surface area contributed by atoms with Gasteiger partial charge in [0.2, 0.25) is 0 Å². The van der Waals surface area contributed by atoms with E-state index in [-0.39, 0.29) is 0 Å². The molecule has 4 aliphatic carbocycles. The highest BCUT2D eigenvalue weighted by Crippen LogP contribution is 2.66. The third-order valence-corrected chi connectivity index (χ3v) is 8.60. The van der Waals surface area contributed by atoms with Gasteiger partial charge in [0, 0.05) is 11.6 Å². The zero-order chi connectivity index (χ0) is 16.4. The van der Waals surface area contributed by atoms with Crippen molar-refractivity contribution in [3.63, 3.8) is 0 Å². The van der Waals surface area contributed by atoms with E-state index in [1.807, 2.05) is 0 Å². The maximum atomic E-state index is 8.26. The predicted octanol–water partition coefficient (Wildman–Crippen LogP) is 6.16. The summed E-state index contributed by atoms with van der Waals surface area (Å²) < 4.78 is 0. The second-order valence-corrected chi connectivity index (χ2v) is 9.52. The number of rotatable bonds is 1. The van der Waals surface area contributed by atoms with Crippen molar-refractivity contribution in [1.29, 1.82) is 5.41 Å². The molecule has 0 aromatic carbocycles. The monoisotopic (exact) mass is 311 g/mol. The Morgan fingerprint density at radius 1 is 1.09 bits per heavy atom. The van der Waals surface area contributed by atoms with Gasteiger partial charge in [-0.25, -0.2) is 0 Å². The molecule has 0 aromatic heterocycles. The highest BCUT2D eigenvalue weighted by atomic mass is 14.6. The minimum Gasteiger partial charge on any atom is -0.310 e. The van der Waals surface area contributed by atoms with Gasteiger partial charge in [0.1, 0.15) is 0 Å². The van der Waals surface area contributed by atoms with Gasteiger partial charge >= 0.3 is 0 Å². The lowest BCUT2D eigenvalue weighted by molar-refractivity contribution is -0.0417. The minimum absolute atomic E-state index is 0.419. The Morgan fingerprint density at radius 3 is 2.61 bits per heavy atom. The largest absolute Gasteiger partial charge is 0.310 e. The summed E-state index contributed by atoms with van der Waals surface area (Å²) in [5.41, 5.74) is 4.89. The van der Waals surface area contributed by atoms with E-state index >= 15 is 0 Å². The number of allylic oxidation sites excluding steroid dienone is 3. The average molecular weight is 312 g/mol. The highest BCUT2D eigenvalue weighted by molar-refractivity contribution is 5.82. The summed E-state index contributed by atoms with van der Waals surface area (Å²) in [4.78, 5) is 0. The first kappa shape index (κ1) is 15.7. The molecule has 126 valence electrons. The van der Waals surface area contributed by atoms with Crippen molar-refractivity contribution in [2.24, 2.45) is 34.5 Å². The Kier molecular flexibility index (Phi) is 3.45. The first-order chi connectivity index (χ1) is 10.9. The molecule has 0 saturated heterocycles. The van der Waals surface area contributed by atoms with Gasteiger partial charge in [-0.1, -0.05) is 37.6 Å². The summed E-state index contributed by atoms with van der Waals surface area (Å²) in [6.07, 6.45) is 13.1. The van der Waals surface area contributed by atoms with Crippen LogP contribution in [0, 0.1) is 39.9 Å². The summed E-state index contributed by atoms with van der Waals surface area (Å²) in [6.45, 7) is 11.4. The number of hydrogen-bond acceptors (Lipinski definition) is 1. The maximum absolute atomic E-state index is 8.26. The molecule has 0 aromatic rings. The maximum Gasteiger partial charge on any atom is 0.00946 e. The third kappa shape index (κ3) is 2.07. The molecule has 4 aliphatic rings. The molecule has 3 saturated carbocycles. The highest BCUT2D eigenvalue weighted by Gasteiger charge is 2.58. The molecule has 0 heterocycles. The van der Waals surface area contributed by atoms with Crippen LogP contribution in [0.25, 0.3) is 0 Å². The van der Waals surface area contributed by atoms with Gasteiger partial charge in [0.15, 0.2) is 0 Å². The van der Waals surface area contributed by atoms with E-state index in [1.165, 1.54) is 56.9 Å². The number of fused-ring (bicyclic) bond motifs is 5. The lowest BCUT2D eigenvalue weighted by Crippen LogP contribution is -2.50. The molecule has 6 atom stereocenters. The molecule has 1 N–H and O–H groups in total. The van der Waals surface area contributed by atoms with Gasteiger partial charge in [0.25, 0.3) is 0 Å². The molecular formula is C22H33N. The first-order valence-corrected chi connectivity index (χ1v) is 9.80. The van der Waals surface area contributed by atoms with Crippen molar-refractivity contribution in [3.8, 4) is 0 Å². The van der Waals surface area contributed by atoms with Crippen molar-refractivity contribution < 1.29 is 0 Å². The molecule has 1 heteroatoms. The van der Waals surface area contributed by atoms with Crippen LogP contribution < -0.4 is 0 Å². The molecule has 6 unspecified atom stereocenters. The number of hydrogen-bond donors (Lipinski definition) is 1. The normalized spacial score (nSPS) is 49.0. The van der Waals surface area contributed by atoms with E-state index in [0.717, 1.165) is 23.5 Å². The summed E-state index contributed by atoms with van der Waals surface area (Å²) in [5, 5.41) is 8.26. The fraction of sp³-hybridized carbons (Fsp3) is 0.773. The summed E-state index contributed by atoms with van der Waals surface area (Å²) in [7, 11) is 0. The summed E-state index contributed by atoms with van der Waals surface area (Å²) >= 11 is 0. The fourth-order valence-electron chi connectivity index (χ4n) is 7.36. The van der Waals surface area contributed by atoms with Crippen molar-refractivity contribution in [1.82, 2.24) is 0 Å². The Balaban J connectivity index is 1.67. The van der Waals surface area contributed by atoms with Crippen molar-refractivity contribution in [2.75, 3.05) is 0 Å². The van der Waals surface area contributed by atoms with E-state index in [1.54, 1.807) is 5.57 Å². The standard InChI is InChI=1S/C22H33N/c1-14-9-11-21(3)16(13-14)5-6-17-19-8-7-18(15(2)23)22(19,4)12-10-20(17)21/h13,17-20,23H,1,5-12H2,2-4H3. The van der Waals surface area contributed by atoms with Crippen LogP contribution in [-0.4, -0.2) is 5.71 Å².